The molecular weight excluding hydrogens is 320 g/mol. The number of hydrogen-bond acceptors (Lipinski definition) is 1. The maximum Gasteiger partial charge on any atom is 0.136 e. The van der Waals surface area contributed by atoms with Gasteiger partial charge in [-0.15, -0.1) is 0 Å². The van der Waals surface area contributed by atoms with E-state index in [9.17, 15) is 4.79 Å². The van der Waals surface area contributed by atoms with Crippen LogP contribution >= 0.6 is 0 Å². The fourth-order valence-electron chi connectivity index (χ4n) is 3.91. The minimum atomic E-state index is -1.76. The summed E-state index contributed by atoms with van der Waals surface area (Å²) in [7, 11) is -1.76. The van der Waals surface area contributed by atoms with Crippen LogP contribution < -0.4 is 5.19 Å². The molecule has 0 heterocycles. The normalized spacial score (nSPS) is 18.8. The SMILES string of the molecule is C[Si](C)(c1ccccc1)[C@H](/C=C1/CCCCC(=O)C1)c1ccccc1. The maximum absolute atomic E-state index is 12.1. The lowest BCUT2D eigenvalue weighted by Gasteiger charge is -2.32. The topological polar surface area (TPSA) is 17.1 Å². The van der Waals surface area contributed by atoms with Gasteiger partial charge in [0.2, 0.25) is 0 Å². The number of ketones is 1. The van der Waals surface area contributed by atoms with Crippen LogP contribution in [-0.2, 0) is 4.79 Å². The van der Waals surface area contributed by atoms with E-state index in [2.05, 4.69) is 79.8 Å². The lowest BCUT2D eigenvalue weighted by molar-refractivity contribution is -0.118. The van der Waals surface area contributed by atoms with Crippen LogP contribution in [0.5, 0.6) is 0 Å². The summed E-state index contributed by atoms with van der Waals surface area (Å²) in [5, 5.41) is 1.47. The summed E-state index contributed by atoms with van der Waals surface area (Å²) in [5.74, 6) is 0.412. The second-order valence-corrected chi connectivity index (χ2v) is 12.4. The van der Waals surface area contributed by atoms with E-state index in [0.717, 1.165) is 25.7 Å². The van der Waals surface area contributed by atoms with E-state index in [1.807, 2.05) is 0 Å². The fraction of sp³-hybridized carbons (Fsp3) is 0.348. The number of Topliss-reactive ketones (excluding diaryl/α,β-unsaturated/α-hetero) is 1. The van der Waals surface area contributed by atoms with Gasteiger partial charge in [-0.25, -0.2) is 0 Å². The molecule has 0 unspecified atom stereocenters. The Kier molecular flexibility index (Phi) is 5.69. The summed E-state index contributed by atoms with van der Waals surface area (Å²) >= 11 is 0. The maximum atomic E-state index is 12.1. The third-order valence-electron chi connectivity index (χ3n) is 5.48. The van der Waals surface area contributed by atoms with Gasteiger partial charge >= 0.3 is 0 Å². The number of rotatable bonds is 4. The molecule has 3 rings (SSSR count). The van der Waals surface area contributed by atoms with Gasteiger partial charge in [-0.05, 0) is 24.8 Å². The second-order valence-electron chi connectivity index (χ2n) is 7.72. The van der Waals surface area contributed by atoms with Gasteiger partial charge in [0, 0.05) is 18.4 Å². The quantitative estimate of drug-likeness (QED) is 0.411. The van der Waals surface area contributed by atoms with E-state index in [1.165, 1.54) is 16.3 Å². The molecule has 0 aliphatic heterocycles. The standard InChI is InChI=1S/C23H28OSi/c1-25(2,22-15-7-4-8-16-22)23(20-12-5-3-6-13-20)18-19-11-9-10-14-21(24)17-19/h3-8,12-13,15-16,18,23H,9-11,14,17H2,1-2H3/b19-18-/t23-/m1/s1. The van der Waals surface area contributed by atoms with Crippen molar-refractivity contribution >= 4 is 19.0 Å². The lowest BCUT2D eigenvalue weighted by Crippen LogP contribution is -2.47. The Bertz CT molecular complexity index is 731. The van der Waals surface area contributed by atoms with Crippen LogP contribution in [0.15, 0.2) is 72.3 Å². The molecule has 2 heteroatoms. The Morgan fingerprint density at radius 3 is 2.16 bits per heavy atom. The van der Waals surface area contributed by atoms with Crippen molar-refractivity contribution in [2.24, 2.45) is 0 Å². The van der Waals surface area contributed by atoms with Gasteiger partial charge in [0.1, 0.15) is 5.78 Å². The fourth-order valence-corrected chi connectivity index (χ4v) is 7.00. The molecule has 0 bridgehead atoms. The van der Waals surface area contributed by atoms with Crippen LogP contribution in [0.3, 0.4) is 0 Å². The Balaban J connectivity index is 2.03. The van der Waals surface area contributed by atoms with Gasteiger partial charge in [-0.1, -0.05) is 90.6 Å². The van der Waals surface area contributed by atoms with Gasteiger partial charge in [0.15, 0.2) is 0 Å². The van der Waals surface area contributed by atoms with E-state index in [4.69, 9.17) is 0 Å². The molecule has 1 nitrogen and oxygen atoms in total. The number of hydrogen-bond donors (Lipinski definition) is 0. The summed E-state index contributed by atoms with van der Waals surface area (Å²) in [6.45, 7) is 4.91. The molecule has 0 aromatic heterocycles. The zero-order valence-electron chi connectivity index (χ0n) is 15.4. The minimum absolute atomic E-state index is 0.400. The highest BCUT2D eigenvalue weighted by Gasteiger charge is 2.33. The van der Waals surface area contributed by atoms with Crippen molar-refractivity contribution in [1.82, 2.24) is 0 Å². The van der Waals surface area contributed by atoms with Crippen molar-refractivity contribution < 1.29 is 4.79 Å². The molecule has 1 aliphatic carbocycles. The molecule has 1 saturated carbocycles. The summed E-state index contributed by atoms with van der Waals surface area (Å²) < 4.78 is 0. The summed E-state index contributed by atoms with van der Waals surface area (Å²) in [4.78, 5) is 12.1. The van der Waals surface area contributed by atoms with Crippen molar-refractivity contribution in [1.29, 1.82) is 0 Å². The number of carbonyl (C=O) groups excluding carboxylic acids is 1. The third-order valence-corrected chi connectivity index (χ3v) is 9.36. The van der Waals surface area contributed by atoms with Gasteiger partial charge in [0.05, 0.1) is 8.07 Å². The number of allylic oxidation sites excluding steroid dienone is 2. The monoisotopic (exact) mass is 348 g/mol. The molecule has 0 amide bonds. The van der Waals surface area contributed by atoms with Crippen LogP contribution in [0.2, 0.25) is 13.1 Å². The second kappa shape index (κ2) is 7.96. The molecule has 2 aromatic rings. The van der Waals surface area contributed by atoms with E-state index < -0.39 is 8.07 Å². The van der Waals surface area contributed by atoms with Crippen LogP contribution in [0.25, 0.3) is 0 Å². The van der Waals surface area contributed by atoms with Crippen molar-refractivity contribution in [3.05, 3.63) is 77.9 Å². The molecule has 25 heavy (non-hydrogen) atoms. The molecule has 0 N–H and O–H groups in total. The first-order chi connectivity index (χ1) is 12.1. The van der Waals surface area contributed by atoms with E-state index in [0.29, 0.717) is 17.7 Å². The first kappa shape index (κ1) is 17.9. The van der Waals surface area contributed by atoms with Crippen molar-refractivity contribution in [3.63, 3.8) is 0 Å². The third kappa shape index (κ3) is 4.38. The Labute approximate surface area is 152 Å². The molecule has 0 radical (unpaired) electrons. The van der Waals surface area contributed by atoms with Crippen LogP contribution in [0.4, 0.5) is 0 Å². The summed E-state index contributed by atoms with van der Waals surface area (Å²) in [6, 6.07) is 21.8. The van der Waals surface area contributed by atoms with Gasteiger partial charge < -0.3 is 0 Å². The molecular formula is C23H28OSi. The van der Waals surface area contributed by atoms with Gasteiger partial charge in [-0.2, -0.15) is 0 Å². The van der Waals surface area contributed by atoms with Crippen molar-refractivity contribution in [3.8, 4) is 0 Å². The van der Waals surface area contributed by atoms with E-state index in [-0.39, 0.29) is 0 Å². The molecule has 1 aliphatic rings. The first-order valence-corrected chi connectivity index (χ1v) is 12.5. The van der Waals surface area contributed by atoms with Crippen LogP contribution in [0.1, 0.15) is 43.2 Å². The van der Waals surface area contributed by atoms with Crippen LogP contribution in [-0.4, -0.2) is 13.9 Å². The Morgan fingerprint density at radius 1 is 0.880 bits per heavy atom. The smallest absolute Gasteiger partial charge is 0.136 e. The Hall–Kier alpha value is -1.93. The highest BCUT2D eigenvalue weighted by molar-refractivity contribution is 6.91. The number of benzene rings is 2. The molecule has 2 aromatic carbocycles. The molecule has 0 spiro atoms. The highest BCUT2D eigenvalue weighted by Crippen LogP contribution is 2.32. The zero-order chi connectivity index (χ0) is 17.7. The largest absolute Gasteiger partial charge is 0.299 e. The summed E-state index contributed by atoms with van der Waals surface area (Å²) in [5.41, 5.74) is 3.14. The van der Waals surface area contributed by atoms with E-state index >= 15 is 0 Å². The highest BCUT2D eigenvalue weighted by atomic mass is 28.3. The van der Waals surface area contributed by atoms with E-state index in [1.54, 1.807) is 0 Å². The first-order valence-electron chi connectivity index (χ1n) is 9.39. The predicted octanol–water partition coefficient (Wildman–Crippen LogP) is 5.38. The molecule has 0 saturated heterocycles. The Morgan fingerprint density at radius 2 is 1.48 bits per heavy atom. The molecule has 130 valence electrons. The zero-order valence-corrected chi connectivity index (χ0v) is 16.4. The minimum Gasteiger partial charge on any atom is -0.299 e. The average Bonchev–Trinajstić information content (AvgIpc) is 2.85. The summed E-state index contributed by atoms with van der Waals surface area (Å²) in [6.07, 6.45) is 7.14. The van der Waals surface area contributed by atoms with Crippen molar-refractivity contribution in [2.75, 3.05) is 0 Å². The predicted molar refractivity (Wildman–Crippen MR) is 109 cm³/mol. The molecule has 1 fully saturated rings. The lowest BCUT2D eigenvalue weighted by atomic mass is 10.0. The van der Waals surface area contributed by atoms with Gasteiger partial charge in [0.25, 0.3) is 0 Å². The van der Waals surface area contributed by atoms with Crippen molar-refractivity contribution in [2.45, 2.75) is 50.7 Å². The average molecular weight is 349 g/mol. The van der Waals surface area contributed by atoms with Gasteiger partial charge in [-0.3, -0.25) is 4.79 Å². The number of carbonyl (C=O) groups is 1. The van der Waals surface area contributed by atoms with Crippen LogP contribution in [0, 0.1) is 0 Å². The molecule has 1 atom stereocenters.